The van der Waals surface area contributed by atoms with Crippen LogP contribution in [0.1, 0.15) is 131 Å². The number of pyridine rings is 1. The van der Waals surface area contributed by atoms with Crippen LogP contribution >= 0.6 is 0 Å². The van der Waals surface area contributed by atoms with Gasteiger partial charge in [0.1, 0.15) is 34.8 Å². The molecule has 4 aliphatic rings. The molecule has 3 saturated heterocycles. The van der Waals surface area contributed by atoms with Crippen molar-refractivity contribution >= 4 is 40.3 Å². The number of methoxy groups -OCH3 is 1. The fourth-order valence-electron chi connectivity index (χ4n) is 11.7. The highest BCUT2D eigenvalue weighted by molar-refractivity contribution is 5.93. The molecule has 1 aromatic carbocycles. The third kappa shape index (κ3) is 13.6. The minimum Gasteiger partial charge on any atom is -0.477 e. The maximum atomic E-state index is 14.5. The number of rotatable bonds is 17. The lowest BCUT2D eigenvalue weighted by atomic mass is 9.74. The molecule has 428 valence electrons. The number of anilines is 1. The van der Waals surface area contributed by atoms with Crippen molar-refractivity contribution in [3.63, 3.8) is 0 Å². The average Bonchev–Trinajstić information content (AvgIpc) is 4.21. The quantitative estimate of drug-likeness (QED) is 0.0877. The first-order chi connectivity index (χ1) is 35.6. The van der Waals surface area contributed by atoms with Crippen LogP contribution in [0.15, 0.2) is 29.2 Å². The molecular formula is C55H86N4O17. The van der Waals surface area contributed by atoms with Gasteiger partial charge in [0.2, 0.25) is 5.43 Å². The van der Waals surface area contributed by atoms with Crippen LogP contribution in [0.4, 0.5) is 5.69 Å². The number of hydrogen-bond acceptors (Lipinski definition) is 19. The SMILES string of the molecule is CC[C@H]1OC(=O)[C@H](C)[C@@H](O[C@H]2C[C@@](C)(OC)[C@@H](OC(=O)CCNCCNc3ccc4c(c3)c(=O)c(C(=O)O)cn4C3CC3)[C@H](C)O2)[C@H](C)[C@@H](O[C@@H]2O[C@H](C)C[C@H](N(C)C)[C@H]2O)[C@](C)(O)C[C@@H](C)C(=O)[C@H](C)[C@@H](O)[C@]1(C)O. The number of aliphatic hydroxyl groups is 4. The lowest BCUT2D eigenvalue weighted by molar-refractivity contribution is -0.318. The standard InChI is InChI=1S/C55H86N4O17/c1-14-40-55(10,69)47(64)30(4)43(61)28(2)25-53(8,68)48(76-52-45(63)39(58(11)12)23-29(3)71-52)31(5)46(32(6)51(67)73-40)75-42-26-54(9,70-13)49(33(7)72-42)74-41(60)19-20-56-21-22-57-34-15-18-38-36(24-34)44(62)37(50(65)66)27-59(38)35-16-17-35/h15,18,24,27-33,35,39-40,42,45-49,52,56-57,63-64,68-69H,14,16-17,19-23,25-26H2,1-13H3,(H,65,66)/t28-,29-,30+,31+,32-,33+,39+,40-,42+,45-,46+,47-,48-,49+,52+,53-,54-,55-/m1/s1. The highest BCUT2D eigenvalue weighted by Gasteiger charge is 2.54. The molecule has 6 rings (SSSR count). The number of cyclic esters (lactones) is 1. The largest absolute Gasteiger partial charge is 0.477 e. The number of aromatic nitrogens is 1. The Balaban J connectivity index is 1.17. The van der Waals surface area contributed by atoms with Gasteiger partial charge in [0.15, 0.2) is 18.7 Å². The molecule has 21 nitrogen and oxygen atoms in total. The van der Waals surface area contributed by atoms with Gasteiger partial charge < -0.3 is 78.8 Å². The second-order valence-corrected chi connectivity index (χ2v) is 22.9. The molecule has 0 amide bonds. The summed E-state index contributed by atoms with van der Waals surface area (Å²) in [5.74, 6) is -7.15. The Hall–Kier alpha value is -4.13. The molecular weight excluding hydrogens is 989 g/mol. The van der Waals surface area contributed by atoms with E-state index < -0.39 is 125 Å². The molecule has 21 heteroatoms. The smallest absolute Gasteiger partial charge is 0.341 e. The van der Waals surface area contributed by atoms with E-state index in [-0.39, 0.29) is 56.0 Å². The molecule has 4 heterocycles. The van der Waals surface area contributed by atoms with Crippen molar-refractivity contribution in [2.75, 3.05) is 46.2 Å². The van der Waals surface area contributed by atoms with Gasteiger partial charge in [-0.15, -0.1) is 0 Å². The summed E-state index contributed by atoms with van der Waals surface area (Å²) >= 11 is 0. The Bertz CT molecular complexity index is 2410. The molecule has 0 bridgehead atoms. The maximum Gasteiger partial charge on any atom is 0.341 e. The second-order valence-electron chi connectivity index (χ2n) is 22.9. The molecule has 76 heavy (non-hydrogen) atoms. The fraction of sp³-hybridized carbons (Fsp3) is 0.764. The molecule has 2 aromatic rings. The zero-order valence-corrected chi connectivity index (χ0v) is 46.6. The number of fused-ring (bicyclic) bond motifs is 1. The normalized spacial score (nSPS) is 38.1. The fourth-order valence-corrected chi connectivity index (χ4v) is 11.7. The number of benzene rings is 1. The topological polar surface area (TPSA) is 283 Å². The third-order valence-corrected chi connectivity index (χ3v) is 16.4. The van der Waals surface area contributed by atoms with Gasteiger partial charge in [0.25, 0.3) is 0 Å². The third-order valence-electron chi connectivity index (χ3n) is 16.4. The molecule has 1 aromatic heterocycles. The second kappa shape index (κ2) is 24.9. The van der Waals surface area contributed by atoms with E-state index in [1.54, 1.807) is 47.6 Å². The number of aromatic carboxylic acids is 1. The number of esters is 2. The zero-order valence-electron chi connectivity index (χ0n) is 46.6. The lowest BCUT2D eigenvalue weighted by Crippen LogP contribution is -2.61. The molecule has 4 fully saturated rings. The predicted molar refractivity (Wildman–Crippen MR) is 280 cm³/mol. The molecule has 1 saturated carbocycles. The number of nitrogens with zero attached hydrogens (tertiary/aromatic N) is 2. The number of ketones is 1. The van der Waals surface area contributed by atoms with Gasteiger partial charge in [-0.1, -0.05) is 27.7 Å². The number of carbonyl (C=O) groups is 4. The summed E-state index contributed by atoms with van der Waals surface area (Å²) in [5, 5.41) is 64.1. The van der Waals surface area contributed by atoms with Crippen LogP contribution < -0.4 is 16.1 Å². The summed E-state index contributed by atoms with van der Waals surface area (Å²) in [6.07, 6.45) is -7.35. The van der Waals surface area contributed by atoms with Gasteiger partial charge >= 0.3 is 17.9 Å². The van der Waals surface area contributed by atoms with Crippen LogP contribution in [-0.2, 0) is 47.5 Å². The Morgan fingerprint density at radius 2 is 1.59 bits per heavy atom. The molecule has 18 atom stereocenters. The van der Waals surface area contributed by atoms with E-state index in [4.69, 9.17) is 33.2 Å². The number of likely N-dealkylation sites (N-methyl/N-ethyl adjacent to an activating group) is 1. The Kier molecular flexibility index (Phi) is 20.0. The first-order valence-corrected chi connectivity index (χ1v) is 27.0. The van der Waals surface area contributed by atoms with Crippen molar-refractivity contribution in [2.24, 2.45) is 23.7 Å². The van der Waals surface area contributed by atoms with Crippen molar-refractivity contribution in [3.8, 4) is 0 Å². The molecule has 1 aliphatic carbocycles. The van der Waals surface area contributed by atoms with Gasteiger partial charge in [-0.05, 0) is 106 Å². The summed E-state index contributed by atoms with van der Waals surface area (Å²) in [5.41, 5.74) is -4.60. The van der Waals surface area contributed by atoms with Crippen LogP contribution in [0.5, 0.6) is 0 Å². The minimum atomic E-state index is -2.06. The summed E-state index contributed by atoms with van der Waals surface area (Å²) in [7, 11) is 5.14. The van der Waals surface area contributed by atoms with Crippen molar-refractivity contribution in [2.45, 2.75) is 204 Å². The van der Waals surface area contributed by atoms with E-state index in [0.29, 0.717) is 36.1 Å². The number of carbonyl (C=O) groups excluding carboxylic acids is 3. The van der Waals surface area contributed by atoms with E-state index >= 15 is 0 Å². The van der Waals surface area contributed by atoms with E-state index in [1.165, 1.54) is 34.1 Å². The van der Waals surface area contributed by atoms with Crippen LogP contribution in [0.2, 0.25) is 0 Å². The molecule has 0 radical (unpaired) electrons. The summed E-state index contributed by atoms with van der Waals surface area (Å²) in [4.78, 5) is 68.7. The minimum absolute atomic E-state index is 0.00217. The van der Waals surface area contributed by atoms with E-state index in [9.17, 15) is 49.5 Å². The van der Waals surface area contributed by atoms with Crippen molar-refractivity contribution in [3.05, 3.63) is 40.2 Å². The number of aliphatic hydroxyl groups excluding tert-OH is 2. The number of ether oxygens (including phenoxy) is 7. The van der Waals surface area contributed by atoms with Crippen molar-refractivity contribution < 1.29 is 77.9 Å². The van der Waals surface area contributed by atoms with E-state index in [1.807, 2.05) is 42.6 Å². The summed E-state index contributed by atoms with van der Waals surface area (Å²) in [6.45, 7) is 17.4. The highest BCUT2D eigenvalue weighted by atomic mass is 16.7. The van der Waals surface area contributed by atoms with Crippen molar-refractivity contribution in [1.82, 2.24) is 14.8 Å². The lowest BCUT2D eigenvalue weighted by Gasteiger charge is -2.49. The Labute approximate surface area is 446 Å². The average molecular weight is 1080 g/mol. The number of Topliss-reactive ketones (excluding diaryl/α,β-unsaturated/α-hetero) is 1. The van der Waals surface area contributed by atoms with Crippen LogP contribution in [0.25, 0.3) is 10.9 Å². The maximum absolute atomic E-state index is 14.5. The van der Waals surface area contributed by atoms with Gasteiger partial charge in [-0.25, -0.2) is 4.79 Å². The number of carboxylic acids is 1. The van der Waals surface area contributed by atoms with Crippen molar-refractivity contribution in [1.29, 1.82) is 0 Å². The summed E-state index contributed by atoms with van der Waals surface area (Å²) in [6, 6.07) is 5.12. The predicted octanol–water partition coefficient (Wildman–Crippen LogP) is 3.78. The number of carboxylic acid groups (broad SMARTS) is 1. The number of nitrogens with one attached hydrogen (secondary N) is 2. The van der Waals surface area contributed by atoms with Crippen LogP contribution in [-0.4, -0.2) is 184 Å². The monoisotopic (exact) mass is 1070 g/mol. The Morgan fingerprint density at radius 1 is 0.908 bits per heavy atom. The van der Waals surface area contributed by atoms with Gasteiger partial charge in [-0.3, -0.25) is 19.2 Å². The number of hydrogen-bond donors (Lipinski definition) is 7. The summed E-state index contributed by atoms with van der Waals surface area (Å²) < 4.78 is 46.2. The first kappa shape index (κ1) is 61.1. The Morgan fingerprint density at radius 3 is 2.21 bits per heavy atom. The molecule has 0 unspecified atom stereocenters. The molecule has 3 aliphatic heterocycles. The van der Waals surface area contributed by atoms with Gasteiger partial charge in [0, 0.05) is 80.3 Å². The van der Waals surface area contributed by atoms with Gasteiger partial charge in [-0.2, -0.15) is 0 Å². The highest BCUT2D eigenvalue weighted by Crippen LogP contribution is 2.42. The van der Waals surface area contributed by atoms with Gasteiger partial charge in [0.05, 0.1) is 54.0 Å². The van der Waals surface area contributed by atoms with Crippen LogP contribution in [0.3, 0.4) is 0 Å². The van der Waals surface area contributed by atoms with E-state index in [0.717, 1.165) is 12.8 Å². The van der Waals surface area contributed by atoms with E-state index in [2.05, 4.69) is 10.6 Å². The van der Waals surface area contributed by atoms with Crippen LogP contribution in [0, 0.1) is 23.7 Å². The molecule has 0 spiro atoms. The molecule has 7 N–H and O–H groups in total. The zero-order chi connectivity index (χ0) is 56.4. The first-order valence-electron chi connectivity index (χ1n) is 27.0.